The van der Waals surface area contributed by atoms with E-state index in [1.807, 2.05) is 12.1 Å². The van der Waals surface area contributed by atoms with Gasteiger partial charge in [0.1, 0.15) is 0 Å². The van der Waals surface area contributed by atoms with Gasteiger partial charge in [-0.1, -0.05) is 13.8 Å². The largest absolute Gasteiger partial charge is 0.397 e. The quantitative estimate of drug-likeness (QED) is 0.793. The molecule has 0 bridgehead atoms. The van der Waals surface area contributed by atoms with Gasteiger partial charge in [-0.05, 0) is 36.5 Å². The second kappa shape index (κ2) is 4.67. The first kappa shape index (κ1) is 11.8. The first-order valence-electron chi connectivity index (χ1n) is 6.16. The molecule has 0 aliphatic carbocycles. The van der Waals surface area contributed by atoms with Crippen molar-refractivity contribution in [3.63, 3.8) is 0 Å². The number of hydrogen-bond acceptors (Lipinski definition) is 3. The number of rotatable bonds is 2. The summed E-state index contributed by atoms with van der Waals surface area (Å²) in [7, 11) is 0. The summed E-state index contributed by atoms with van der Waals surface area (Å²) < 4.78 is 0. The Morgan fingerprint density at radius 3 is 2.76 bits per heavy atom. The molecule has 0 spiro atoms. The van der Waals surface area contributed by atoms with Crippen LogP contribution >= 0.6 is 0 Å². The lowest BCUT2D eigenvalue weighted by atomic mass is 9.95. The third-order valence-corrected chi connectivity index (χ3v) is 3.66. The Labute approximate surface area is 103 Å². The van der Waals surface area contributed by atoms with Gasteiger partial charge < -0.3 is 10.6 Å². The minimum absolute atomic E-state index is 0.630. The number of benzene rings is 1. The molecule has 1 saturated heterocycles. The number of nitrogen functional groups attached to an aromatic ring is 1. The van der Waals surface area contributed by atoms with Gasteiger partial charge in [0.05, 0.1) is 23.0 Å². The second-order valence-corrected chi connectivity index (χ2v) is 5.12. The van der Waals surface area contributed by atoms with Crippen LogP contribution in [0, 0.1) is 23.2 Å². The molecule has 1 aromatic carbocycles. The second-order valence-electron chi connectivity index (χ2n) is 5.12. The fourth-order valence-electron chi connectivity index (χ4n) is 2.46. The van der Waals surface area contributed by atoms with Crippen LogP contribution in [-0.2, 0) is 0 Å². The highest BCUT2D eigenvalue weighted by Gasteiger charge is 2.25. The highest BCUT2D eigenvalue weighted by Crippen LogP contribution is 2.32. The van der Waals surface area contributed by atoms with Crippen molar-refractivity contribution in [2.24, 2.45) is 11.8 Å². The number of anilines is 2. The molecule has 17 heavy (non-hydrogen) atoms. The molecule has 0 amide bonds. The fraction of sp³-hybridized carbons (Fsp3) is 0.500. The lowest BCUT2D eigenvalue weighted by molar-refractivity contribution is 0.423. The van der Waals surface area contributed by atoms with Crippen LogP contribution in [0.3, 0.4) is 0 Å². The Morgan fingerprint density at radius 2 is 2.24 bits per heavy atom. The van der Waals surface area contributed by atoms with Gasteiger partial charge in [0.2, 0.25) is 0 Å². The Morgan fingerprint density at radius 1 is 1.47 bits per heavy atom. The summed E-state index contributed by atoms with van der Waals surface area (Å²) in [5.74, 6) is 1.48. The topological polar surface area (TPSA) is 53.0 Å². The molecular formula is C14H19N3. The van der Waals surface area contributed by atoms with Gasteiger partial charge in [0.25, 0.3) is 0 Å². The molecule has 2 rings (SSSR count). The summed E-state index contributed by atoms with van der Waals surface area (Å²) in [5, 5.41) is 8.81. The molecule has 1 fully saturated rings. The van der Waals surface area contributed by atoms with Crippen molar-refractivity contribution in [2.45, 2.75) is 20.3 Å². The molecule has 3 heteroatoms. The third-order valence-electron chi connectivity index (χ3n) is 3.66. The summed E-state index contributed by atoms with van der Waals surface area (Å²) in [5.41, 5.74) is 8.43. The standard InChI is InChI=1S/C14H19N3/c1-10(2)12-5-6-17(9-12)14-4-3-11(8-15)7-13(14)16/h3-4,7,10,12H,5-6,9,16H2,1-2H3. The fourth-order valence-corrected chi connectivity index (χ4v) is 2.46. The lowest BCUT2D eigenvalue weighted by Crippen LogP contribution is -2.22. The maximum absolute atomic E-state index is 8.81. The van der Waals surface area contributed by atoms with Crippen molar-refractivity contribution >= 4 is 11.4 Å². The molecule has 1 atom stereocenters. The van der Waals surface area contributed by atoms with Crippen LogP contribution in [0.25, 0.3) is 0 Å². The summed E-state index contributed by atoms with van der Waals surface area (Å²) >= 11 is 0. The first-order valence-corrected chi connectivity index (χ1v) is 6.16. The maximum atomic E-state index is 8.81. The molecule has 1 aromatic rings. The van der Waals surface area contributed by atoms with Crippen molar-refractivity contribution in [1.82, 2.24) is 0 Å². The number of nitrogens with zero attached hydrogens (tertiary/aromatic N) is 2. The number of nitrogens with two attached hydrogens (primary N) is 1. The smallest absolute Gasteiger partial charge is 0.0992 e. The maximum Gasteiger partial charge on any atom is 0.0992 e. The molecule has 1 aliphatic heterocycles. The van der Waals surface area contributed by atoms with Crippen molar-refractivity contribution < 1.29 is 0 Å². The molecule has 1 heterocycles. The Bertz CT molecular complexity index is 445. The predicted octanol–water partition coefficient (Wildman–Crippen LogP) is 2.62. The van der Waals surface area contributed by atoms with Gasteiger partial charge >= 0.3 is 0 Å². The monoisotopic (exact) mass is 229 g/mol. The van der Waals surface area contributed by atoms with Crippen molar-refractivity contribution in [1.29, 1.82) is 5.26 Å². The molecule has 0 saturated carbocycles. The third kappa shape index (κ3) is 2.36. The van der Waals surface area contributed by atoms with E-state index in [0.717, 1.165) is 30.6 Å². The minimum Gasteiger partial charge on any atom is -0.397 e. The van der Waals surface area contributed by atoms with Crippen molar-refractivity contribution in [3.8, 4) is 6.07 Å². The van der Waals surface area contributed by atoms with Gasteiger partial charge in [-0.25, -0.2) is 0 Å². The average molecular weight is 229 g/mol. The normalized spacial score (nSPS) is 19.6. The van der Waals surface area contributed by atoms with E-state index in [4.69, 9.17) is 11.0 Å². The summed E-state index contributed by atoms with van der Waals surface area (Å²) in [6, 6.07) is 7.69. The van der Waals surface area contributed by atoms with E-state index >= 15 is 0 Å². The Hall–Kier alpha value is -1.69. The SMILES string of the molecule is CC(C)C1CCN(c2ccc(C#N)cc2N)C1. The number of hydrogen-bond donors (Lipinski definition) is 1. The molecule has 0 aromatic heterocycles. The molecule has 3 nitrogen and oxygen atoms in total. The van der Waals surface area contributed by atoms with E-state index in [2.05, 4.69) is 24.8 Å². The molecule has 2 N–H and O–H groups in total. The van der Waals surface area contributed by atoms with Crippen LogP contribution in [-0.4, -0.2) is 13.1 Å². The van der Waals surface area contributed by atoms with Crippen molar-refractivity contribution in [3.05, 3.63) is 23.8 Å². The van der Waals surface area contributed by atoms with E-state index < -0.39 is 0 Å². The van der Waals surface area contributed by atoms with Gasteiger partial charge in [-0.2, -0.15) is 5.26 Å². The van der Waals surface area contributed by atoms with Crippen LogP contribution < -0.4 is 10.6 Å². The zero-order valence-electron chi connectivity index (χ0n) is 10.5. The first-order chi connectivity index (χ1) is 8.11. The Balaban J connectivity index is 2.17. The van der Waals surface area contributed by atoms with Crippen LogP contribution in [0.1, 0.15) is 25.8 Å². The van der Waals surface area contributed by atoms with Gasteiger partial charge in [-0.3, -0.25) is 0 Å². The molecular weight excluding hydrogens is 210 g/mol. The van der Waals surface area contributed by atoms with Gasteiger partial charge in [0.15, 0.2) is 0 Å². The highest BCUT2D eigenvalue weighted by molar-refractivity contribution is 5.69. The van der Waals surface area contributed by atoms with Crippen LogP contribution in [0.4, 0.5) is 11.4 Å². The molecule has 1 aliphatic rings. The van der Waals surface area contributed by atoms with E-state index in [1.165, 1.54) is 6.42 Å². The summed E-state index contributed by atoms with van der Waals surface area (Å²) in [6.07, 6.45) is 1.23. The van der Waals surface area contributed by atoms with Crippen LogP contribution in [0.15, 0.2) is 18.2 Å². The van der Waals surface area contributed by atoms with E-state index in [-0.39, 0.29) is 0 Å². The molecule has 1 unspecified atom stereocenters. The number of nitriles is 1. The van der Waals surface area contributed by atoms with Crippen molar-refractivity contribution in [2.75, 3.05) is 23.7 Å². The van der Waals surface area contributed by atoms with Gasteiger partial charge in [-0.15, -0.1) is 0 Å². The highest BCUT2D eigenvalue weighted by atomic mass is 15.2. The predicted molar refractivity (Wildman–Crippen MR) is 70.7 cm³/mol. The average Bonchev–Trinajstić information content (AvgIpc) is 2.78. The summed E-state index contributed by atoms with van der Waals surface area (Å²) in [6.45, 7) is 6.69. The summed E-state index contributed by atoms with van der Waals surface area (Å²) in [4.78, 5) is 2.33. The van der Waals surface area contributed by atoms with Crippen LogP contribution in [0.5, 0.6) is 0 Å². The van der Waals surface area contributed by atoms with E-state index in [9.17, 15) is 0 Å². The van der Waals surface area contributed by atoms with E-state index in [0.29, 0.717) is 11.3 Å². The zero-order chi connectivity index (χ0) is 12.4. The molecule has 0 radical (unpaired) electrons. The molecule has 90 valence electrons. The minimum atomic E-state index is 0.630. The zero-order valence-corrected chi connectivity index (χ0v) is 10.5. The van der Waals surface area contributed by atoms with Crippen LogP contribution in [0.2, 0.25) is 0 Å². The lowest BCUT2D eigenvalue weighted by Gasteiger charge is -2.21. The Kier molecular flexibility index (Phi) is 3.23. The van der Waals surface area contributed by atoms with Gasteiger partial charge in [0, 0.05) is 13.1 Å². The van der Waals surface area contributed by atoms with E-state index in [1.54, 1.807) is 6.07 Å².